The minimum atomic E-state index is -0.499. The smallest absolute Gasteiger partial charge is 0.243 e. The molecule has 3 aromatic rings. The van der Waals surface area contributed by atoms with Gasteiger partial charge in [-0.3, -0.25) is 14.9 Å². The van der Waals surface area contributed by atoms with E-state index in [1.54, 1.807) is 17.6 Å². The molecule has 0 radical (unpaired) electrons. The maximum atomic E-state index is 14.6. The number of hydrogen-bond donors (Lipinski definition) is 4. The van der Waals surface area contributed by atoms with E-state index in [1.807, 2.05) is 17.0 Å². The van der Waals surface area contributed by atoms with Gasteiger partial charge in [0.1, 0.15) is 5.82 Å². The third-order valence-corrected chi connectivity index (χ3v) is 5.40. The van der Waals surface area contributed by atoms with Crippen LogP contribution < -0.4 is 5.48 Å². The van der Waals surface area contributed by atoms with Gasteiger partial charge in [-0.05, 0) is 43.0 Å². The Morgan fingerprint density at radius 2 is 1.97 bits per heavy atom. The van der Waals surface area contributed by atoms with Gasteiger partial charge in [-0.1, -0.05) is 30.3 Å². The summed E-state index contributed by atoms with van der Waals surface area (Å²) in [6.07, 6.45) is 1.24. The number of halogens is 1. The summed E-state index contributed by atoms with van der Waals surface area (Å²) in [6, 6.07) is 13.1. The molecular weight excluding hydrogens is 385 g/mol. The number of fused-ring (bicyclic) bond motifs is 1. The number of carbonyl (C=O) groups is 1. The highest BCUT2D eigenvalue weighted by atomic mass is 19.1. The zero-order valence-corrected chi connectivity index (χ0v) is 17.1. The largest absolute Gasteiger partial charge is 0.395 e. The van der Waals surface area contributed by atoms with Crippen molar-refractivity contribution in [1.82, 2.24) is 15.4 Å². The lowest BCUT2D eigenvalue weighted by Crippen LogP contribution is -2.29. The SMILES string of the molecule is Cc1[nH]c2ccccc2c1CCN(CCO)Cc1ccc(CCC(=O)NO)cc1F. The van der Waals surface area contributed by atoms with E-state index < -0.39 is 5.91 Å². The van der Waals surface area contributed by atoms with Crippen LogP contribution in [0.4, 0.5) is 4.39 Å². The Morgan fingerprint density at radius 3 is 2.70 bits per heavy atom. The van der Waals surface area contributed by atoms with Crippen LogP contribution in [0, 0.1) is 12.7 Å². The van der Waals surface area contributed by atoms with Gasteiger partial charge in [0.25, 0.3) is 0 Å². The molecule has 0 spiro atoms. The minimum Gasteiger partial charge on any atom is -0.395 e. The first kappa shape index (κ1) is 22.0. The van der Waals surface area contributed by atoms with Gasteiger partial charge in [0.05, 0.1) is 6.61 Å². The summed E-state index contributed by atoms with van der Waals surface area (Å²) in [5, 5.41) is 19.2. The zero-order chi connectivity index (χ0) is 21.5. The number of para-hydroxylation sites is 1. The molecule has 0 aliphatic carbocycles. The van der Waals surface area contributed by atoms with E-state index in [0.717, 1.165) is 17.6 Å². The second kappa shape index (κ2) is 10.3. The Bertz CT molecular complexity index is 1000. The monoisotopic (exact) mass is 413 g/mol. The molecule has 4 N–H and O–H groups in total. The molecule has 0 saturated carbocycles. The van der Waals surface area contributed by atoms with Gasteiger partial charge in [0, 0.05) is 48.2 Å². The van der Waals surface area contributed by atoms with Gasteiger partial charge in [-0.2, -0.15) is 0 Å². The van der Waals surface area contributed by atoms with Crippen molar-refractivity contribution in [1.29, 1.82) is 0 Å². The molecule has 0 fully saturated rings. The maximum Gasteiger partial charge on any atom is 0.243 e. The maximum absolute atomic E-state index is 14.6. The summed E-state index contributed by atoms with van der Waals surface area (Å²) in [7, 11) is 0. The highest BCUT2D eigenvalue weighted by Crippen LogP contribution is 2.23. The molecule has 1 amide bonds. The quantitative estimate of drug-likeness (QED) is 0.304. The Hall–Kier alpha value is -2.74. The van der Waals surface area contributed by atoms with Crippen LogP contribution in [0.5, 0.6) is 0 Å². The minimum absolute atomic E-state index is 0.00282. The summed E-state index contributed by atoms with van der Waals surface area (Å²) < 4.78 is 14.6. The molecule has 0 aliphatic rings. The van der Waals surface area contributed by atoms with Crippen molar-refractivity contribution in [2.45, 2.75) is 32.7 Å². The van der Waals surface area contributed by atoms with Crippen molar-refractivity contribution in [3.05, 3.63) is 70.7 Å². The Morgan fingerprint density at radius 1 is 1.17 bits per heavy atom. The molecule has 0 aliphatic heterocycles. The van der Waals surface area contributed by atoms with E-state index in [1.165, 1.54) is 17.0 Å². The lowest BCUT2D eigenvalue weighted by molar-refractivity contribution is -0.129. The van der Waals surface area contributed by atoms with Crippen molar-refractivity contribution in [3.8, 4) is 0 Å². The number of benzene rings is 2. The van der Waals surface area contributed by atoms with Crippen molar-refractivity contribution in [2.24, 2.45) is 0 Å². The summed E-state index contributed by atoms with van der Waals surface area (Å²) in [4.78, 5) is 16.6. The fourth-order valence-electron chi connectivity index (χ4n) is 3.77. The van der Waals surface area contributed by atoms with E-state index in [2.05, 4.69) is 24.0 Å². The van der Waals surface area contributed by atoms with Crippen molar-refractivity contribution >= 4 is 16.8 Å². The number of aliphatic hydroxyl groups is 1. The number of H-pyrrole nitrogens is 1. The number of aromatic nitrogens is 1. The van der Waals surface area contributed by atoms with Crippen LogP contribution in [-0.4, -0.2) is 45.8 Å². The molecule has 0 unspecified atom stereocenters. The predicted molar refractivity (Wildman–Crippen MR) is 114 cm³/mol. The van der Waals surface area contributed by atoms with E-state index in [-0.39, 0.29) is 18.8 Å². The molecule has 0 saturated heterocycles. The highest BCUT2D eigenvalue weighted by molar-refractivity contribution is 5.84. The number of aryl methyl sites for hydroxylation is 2. The van der Waals surface area contributed by atoms with Gasteiger partial charge in [0.2, 0.25) is 5.91 Å². The lowest BCUT2D eigenvalue weighted by atomic mass is 10.1. The normalized spacial score (nSPS) is 11.4. The van der Waals surface area contributed by atoms with Crippen molar-refractivity contribution < 1.29 is 19.5 Å². The first-order valence-corrected chi connectivity index (χ1v) is 10.1. The number of rotatable bonds is 10. The van der Waals surface area contributed by atoms with Gasteiger partial charge >= 0.3 is 0 Å². The lowest BCUT2D eigenvalue weighted by Gasteiger charge is -2.22. The van der Waals surface area contributed by atoms with Crippen LogP contribution >= 0.6 is 0 Å². The number of hydrogen-bond acceptors (Lipinski definition) is 4. The molecule has 30 heavy (non-hydrogen) atoms. The standard InChI is InChI=1S/C23H28FN3O3/c1-16-19(20-4-2-3-5-22(20)25-16)10-11-27(12-13-28)15-18-8-6-17(14-21(18)24)7-9-23(29)26-30/h2-6,8,14,25,28,30H,7,9-13,15H2,1H3,(H,26,29). The predicted octanol–water partition coefficient (Wildman–Crippen LogP) is 3.09. The number of hydroxylamine groups is 1. The first-order valence-electron chi connectivity index (χ1n) is 10.1. The van der Waals surface area contributed by atoms with Gasteiger partial charge in [-0.15, -0.1) is 0 Å². The average molecular weight is 413 g/mol. The van der Waals surface area contributed by atoms with Crippen molar-refractivity contribution in [3.63, 3.8) is 0 Å². The van der Waals surface area contributed by atoms with Gasteiger partial charge < -0.3 is 10.1 Å². The molecule has 3 rings (SSSR count). The fourth-order valence-corrected chi connectivity index (χ4v) is 3.77. The highest BCUT2D eigenvalue weighted by Gasteiger charge is 2.13. The number of aromatic amines is 1. The molecule has 0 bridgehead atoms. The first-order chi connectivity index (χ1) is 14.5. The topological polar surface area (TPSA) is 88.6 Å². The van der Waals surface area contributed by atoms with E-state index in [0.29, 0.717) is 37.2 Å². The molecule has 2 aromatic carbocycles. The molecule has 6 nitrogen and oxygen atoms in total. The van der Waals surface area contributed by atoms with Crippen LogP contribution in [0.2, 0.25) is 0 Å². The van der Waals surface area contributed by atoms with E-state index in [4.69, 9.17) is 5.21 Å². The van der Waals surface area contributed by atoms with E-state index >= 15 is 0 Å². The van der Waals surface area contributed by atoms with Crippen LogP contribution in [0.25, 0.3) is 10.9 Å². The van der Waals surface area contributed by atoms with Gasteiger partial charge in [-0.25, -0.2) is 9.87 Å². The Kier molecular flexibility index (Phi) is 7.57. The average Bonchev–Trinajstić information content (AvgIpc) is 3.07. The van der Waals surface area contributed by atoms with E-state index in [9.17, 15) is 14.3 Å². The Balaban J connectivity index is 1.66. The van der Waals surface area contributed by atoms with Crippen LogP contribution in [-0.2, 0) is 24.2 Å². The third kappa shape index (κ3) is 5.44. The third-order valence-electron chi connectivity index (χ3n) is 5.40. The van der Waals surface area contributed by atoms with Crippen molar-refractivity contribution in [2.75, 3.05) is 19.7 Å². The fraction of sp³-hybridized carbons (Fsp3) is 0.348. The zero-order valence-electron chi connectivity index (χ0n) is 17.1. The van der Waals surface area contributed by atoms with Gasteiger partial charge in [0.15, 0.2) is 0 Å². The molecule has 7 heteroatoms. The number of nitrogens with one attached hydrogen (secondary N) is 2. The molecule has 1 aromatic heterocycles. The van der Waals surface area contributed by atoms with Crippen LogP contribution in [0.1, 0.15) is 28.8 Å². The Labute approximate surface area is 175 Å². The second-order valence-electron chi connectivity index (χ2n) is 7.48. The number of carbonyl (C=O) groups excluding carboxylic acids is 1. The van der Waals surface area contributed by atoms with Crippen LogP contribution in [0.15, 0.2) is 42.5 Å². The molecule has 160 valence electrons. The second-order valence-corrected chi connectivity index (χ2v) is 7.48. The number of nitrogens with zero attached hydrogens (tertiary/aromatic N) is 1. The summed E-state index contributed by atoms with van der Waals surface area (Å²) in [5.74, 6) is -0.829. The van der Waals surface area contributed by atoms with Crippen LogP contribution in [0.3, 0.4) is 0 Å². The number of amides is 1. The molecule has 0 atom stereocenters. The summed E-state index contributed by atoms with van der Waals surface area (Å²) in [6.45, 7) is 3.61. The molecule has 1 heterocycles. The molecular formula is C23H28FN3O3. The number of aliphatic hydroxyl groups excluding tert-OH is 1. The summed E-state index contributed by atoms with van der Waals surface area (Å²) >= 11 is 0. The summed E-state index contributed by atoms with van der Waals surface area (Å²) in [5.41, 5.74) is 6.30.